The van der Waals surface area contributed by atoms with Crippen LogP contribution in [0.4, 0.5) is 4.39 Å². The molecule has 2 aromatic rings. The third-order valence-electron chi connectivity index (χ3n) is 3.59. The molecule has 0 spiro atoms. The van der Waals surface area contributed by atoms with Crippen LogP contribution in [0.5, 0.6) is 0 Å². The summed E-state index contributed by atoms with van der Waals surface area (Å²) >= 11 is 0. The van der Waals surface area contributed by atoms with Gasteiger partial charge in [0.15, 0.2) is 0 Å². The fourth-order valence-electron chi connectivity index (χ4n) is 2.18. The van der Waals surface area contributed by atoms with Crippen molar-refractivity contribution < 1.29 is 9.50 Å². The molecule has 0 amide bonds. The minimum Gasteiger partial charge on any atom is -0.389 e. The van der Waals surface area contributed by atoms with E-state index in [2.05, 4.69) is 9.97 Å². The lowest BCUT2D eigenvalue weighted by atomic mass is 9.83. The highest BCUT2D eigenvalue weighted by atomic mass is 19.1. The topological polar surface area (TPSA) is 46.0 Å². The third-order valence-corrected chi connectivity index (χ3v) is 3.59. The minimum atomic E-state index is -0.585. The number of aryl methyl sites for hydroxylation is 1. The molecule has 106 valence electrons. The van der Waals surface area contributed by atoms with Crippen molar-refractivity contribution in [3.63, 3.8) is 0 Å². The van der Waals surface area contributed by atoms with Crippen molar-refractivity contribution in [2.75, 3.05) is 0 Å². The molecule has 0 bridgehead atoms. The van der Waals surface area contributed by atoms with Crippen molar-refractivity contribution in [2.45, 2.75) is 39.2 Å². The summed E-state index contributed by atoms with van der Waals surface area (Å²) in [5.41, 5.74) is 2.02. The molecule has 0 radical (unpaired) electrons. The predicted molar refractivity (Wildman–Crippen MR) is 75.9 cm³/mol. The van der Waals surface area contributed by atoms with Gasteiger partial charge in [-0.1, -0.05) is 12.1 Å². The lowest BCUT2D eigenvalue weighted by molar-refractivity contribution is 0.197. The van der Waals surface area contributed by atoms with Crippen molar-refractivity contribution >= 4 is 0 Å². The number of aromatic nitrogens is 2. The Hall–Kier alpha value is -1.81. The minimum absolute atomic E-state index is 0.258. The molecule has 1 heterocycles. The van der Waals surface area contributed by atoms with Gasteiger partial charge in [0, 0.05) is 22.9 Å². The fraction of sp³-hybridized carbons (Fsp3) is 0.375. The van der Waals surface area contributed by atoms with Crippen LogP contribution in [0.1, 0.15) is 49.5 Å². The van der Waals surface area contributed by atoms with Gasteiger partial charge in [0.25, 0.3) is 0 Å². The van der Waals surface area contributed by atoms with E-state index >= 15 is 0 Å². The first-order valence-corrected chi connectivity index (χ1v) is 6.60. The summed E-state index contributed by atoms with van der Waals surface area (Å²) in [5, 5.41) is 9.62. The quantitative estimate of drug-likeness (QED) is 0.934. The Bertz CT molecular complexity index is 606. The summed E-state index contributed by atoms with van der Waals surface area (Å²) in [6, 6.07) is 6.37. The van der Waals surface area contributed by atoms with Crippen molar-refractivity contribution in [1.82, 2.24) is 9.97 Å². The van der Waals surface area contributed by atoms with Gasteiger partial charge in [0.05, 0.1) is 6.10 Å². The standard InChI is InChI=1S/C16H19FN2O/c1-10-14(11(2)20)9-18-15(19-10)16(3,4)12-5-7-13(17)8-6-12/h5-9,11,20H,1-4H3/t11-/m0/s1. The number of benzene rings is 1. The van der Waals surface area contributed by atoms with Crippen molar-refractivity contribution in [3.05, 3.63) is 58.9 Å². The molecule has 1 aromatic heterocycles. The Morgan fingerprint density at radius 2 is 1.80 bits per heavy atom. The number of nitrogens with zero attached hydrogens (tertiary/aromatic N) is 2. The van der Waals surface area contributed by atoms with Crippen LogP contribution in [0.25, 0.3) is 0 Å². The predicted octanol–water partition coefficient (Wildman–Crippen LogP) is 3.30. The first kappa shape index (κ1) is 14.6. The second-order valence-corrected chi connectivity index (χ2v) is 5.54. The van der Waals surface area contributed by atoms with Gasteiger partial charge in [-0.2, -0.15) is 0 Å². The Morgan fingerprint density at radius 1 is 1.20 bits per heavy atom. The number of hydrogen-bond donors (Lipinski definition) is 1. The molecule has 4 heteroatoms. The van der Waals surface area contributed by atoms with E-state index < -0.39 is 11.5 Å². The van der Waals surface area contributed by atoms with Crippen LogP contribution in [0, 0.1) is 12.7 Å². The van der Waals surface area contributed by atoms with E-state index in [-0.39, 0.29) is 5.82 Å². The number of aliphatic hydroxyl groups excluding tert-OH is 1. The second kappa shape index (κ2) is 5.29. The maximum atomic E-state index is 13.0. The smallest absolute Gasteiger partial charge is 0.138 e. The summed E-state index contributed by atoms with van der Waals surface area (Å²) in [5.74, 6) is 0.400. The number of halogens is 1. The Balaban J connectivity index is 2.44. The van der Waals surface area contributed by atoms with E-state index in [1.807, 2.05) is 20.8 Å². The van der Waals surface area contributed by atoms with Crippen LogP contribution in [0.15, 0.2) is 30.5 Å². The van der Waals surface area contributed by atoms with Crippen molar-refractivity contribution in [3.8, 4) is 0 Å². The van der Waals surface area contributed by atoms with E-state index in [0.717, 1.165) is 16.8 Å². The highest BCUT2D eigenvalue weighted by Gasteiger charge is 2.27. The molecule has 0 aliphatic heterocycles. The van der Waals surface area contributed by atoms with E-state index in [4.69, 9.17) is 0 Å². The van der Waals surface area contributed by atoms with Gasteiger partial charge in [0.2, 0.25) is 0 Å². The van der Waals surface area contributed by atoms with Crippen LogP contribution in [-0.4, -0.2) is 15.1 Å². The van der Waals surface area contributed by atoms with E-state index in [9.17, 15) is 9.50 Å². The maximum Gasteiger partial charge on any atom is 0.138 e. The highest BCUT2D eigenvalue weighted by molar-refractivity contribution is 5.32. The van der Waals surface area contributed by atoms with Gasteiger partial charge in [-0.05, 0) is 45.4 Å². The van der Waals surface area contributed by atoms with Gasteiger partial charge >= 0.3 is 0 Å². The molecule has 2 rings (SSSR count). The molecular weight excluding hydrogens is 255 g/mol. The molecule has 1 aromatic carbocycles. The summed E-state index contributed by atoms with van der Waals surface area (Å²) in [6.45, 7) is 7.54. The Kier molecular flexibility index (Phi) is 3.86. The largest absolute Gasteiger partial charge is 0.389 e. The van der Waals surface area contributed by atoms with E-state index in [0.29, 0.717) is 5.82 Å². The van der Waals surface area contributed by atoms with Crippen LogP contribution >= 0.6 is 0 Å². The molecule has 0 saturated heterocycles. The van der Waals surface area contributed by atoms with E-state index in [1.54, 1.807) is 25.3 Å². The van der Waals surface area contributed by atoms with Gasteiger partial charge in [-0.25, -0.2) is 14.4 Å². The molecule has 0 saturated carbocycles. The molecule has 0 aliphatic carbocycles. The van der Waals surface area contributed by atoms with E-state index in [1.165, 1.54) is 12.1 Å². The zero-order valence-electron chi connectivity index (χ0n) is 12.2. The highest BCUT2D eigenvalue weighted by Crippen LogP contribution is 2.29. The van der Waals surface area contributed by atoms with Crippen molar-refractivity contribution in [1.29, 1.82) is 0 Å². The third kappa shape index (κ3) is 2.70. The molecule has 0 aliphatic rings. The fourth-order valence-corrected chi connectivity index (χ4v) is 2.18. The van der Waals surface area contributed by atoms with Crippen LogP contribution < -0.4 is 0 Å². The Labute approximate surface area is 118 Å². The summed E-state index contributed by atoms with van der Waals surface area (Å²) in [6.07, 6.45) is 1.08. The van der Waals surface area contributed by atoms with Crippen LogP contribution in [0.2, 0.25) is 0 Å². The number of hydrogen-bond acceptors (Lipinski definition) is 3. The molecular formula is C16H19FN2O. The molecule has 1 atom stereocenters. The lowest BCUT2D eigenvalue weighted by Crippen LogP contribution is -2.23. The molecule has 1 N–H and O–H groups in total. The molecule has 3 nitrogen and oxygen atoms in total. The first-order chi connectivity index (χ1) is 9.32. The number of rotatable bonds is 3. The summed E-state index contributed by atoms with van der Waals surface area (Å²) in [4.78, 5) is 8.87. The Morgan fingerprint density at radius 3 is 2.30 bits per heavy atom. The van der Waals surface area contributed by atoms with Crippen molar-refractivity contribution in [2.24, 2.45) is 0 Å². The van der Waals surface area contributed by atoms with Gasteiger partial charge in [-0.15, -0.1) is 0 Å². The zero-order valence-corrected chi connectivity index (χ0v) is 12.2. The lowest BCUT2D eigenvalue weighted by Gasteiger charge is -2.24. The van der Waals surface area contributed by atoms with Gasteiger partial charge in [-0.3, -0.25) is 0 Å². The molecule has 0 fully saturated rings. The second-order valence-electron chi connectivity index (χ2n) is 5.54. The average Bonchev–Trinajstić information content (AvgIpc) is 2.38. The van der Waals surface area contributed by atoms with Crippen LogP contribution in [-0.2, 0) is 5.41 Å². The zero-order chi connectivity index (χ0) is 14.9. The summed E-state index contributed by atoms with van der Waals surface area (Å²) < 4.78 is 13.0. The van der Waals surface area contributed by atoms with Crippen LogP contribution in [0.3, 0.4) is 0 Å². The molecule has 0 unspecified atom stereocenters. The summed E-state index contributed by atoms with van der Waals surface area (Å²) in [7, 11) is 0. The van der Waals surface area contributed by atoms with Gasteiger partial charge in [0.1, 0.15) is 11.6 Å². The first-order valence-electron chi connectivity index (χ1n) is 6.60. The number of aliphatic hydroxyl groups is 1. The maximum absolute atomic E-state index is 13.0. The molecule has 20 heavy (non-hydrogen) atoms. The average molecular weight is 274 g/mol. The monoisotopic (exact) mass is 274 g/mol. The SMILES string of the molecule is Cc1nc(C(C)(C)c2ccc(F)cc2)ncc1[C@H](C)O. The normalized spacial score (nSPS) is 13.3. The van der Waals surface area contributed by atoms with Gasteiger partial charge < -0.3 is 5.11 Å².